The van der Waals surface area contributed by atoms with Crippen LogP contribution in [0.5, 0.6) is 0 Å². The Morgan fingerprint density at radius 3 is 2.29 bits per heavy atom. The quantitative estimate of drug-likeness (QED) is 0.823. The number of anilines is 2. The summed E-state index contributed by atoms with van der Waals surface area (Å²) < 4.78 is 1.56. The predicted molar refractivity (Wildman–Crippen MR) is 79.2 cm³/mol. The zero-order valence-electron chi connectivity index (χ0n) is 11.5. The van der Waals surface area contributed by atoms with Gasteiger partial charge in [-0.1, -0.05) is 0 Å². The van der Waals surface area contributed by atoms with E-state index in [0.717, 1.165) is 0 Å². The van der Waals surface area contributed by atoms with E-state index in [9.17, 15) is 14.4 Å². The number of nitrogens with one attached hydrogen (secondary N) is 2. The lowest BCUT2D eigenvalue weighted by Gasteiger charge is -2.08. The lowest BCUT2D eigenvalue weighted by Crippen LogP contribution is -2.19. The van der Waals surface area contributed by atoms with Gasteiger partial charge in [-0.15, -0.1) is 0 Å². The fourth-order valence-corrected chi connectivity index (χ4v) is 1.87. The summed E-state index contributed by atoms with van der Waals surface area (Å²) in [5.74, 6) is -0.387. The summed E-state index contributed by atoms with van der Waals surface area (Å²) in [6.07, 6.45) is 2.37. The Balaban J connectivity index is 1.96. The number of carbonyl (C=O) groups is 3. The van der Waals surface area contributed by atoms with Crippen LogP contribution in [-0.2, 0) is 16.1 Å². The number of carbonyl (C=O) groups excluding carboxylic acids is 3. The maximum Gasteiger partial charge on any atom is 0.244 e. The van der Waals surface area contributed by atoms with Gasteiger partial charge in [0.25, 0.3) is 0 Å². The number of rotatable bonds is 5. The SMILES string of the molecule is CC(=O)Nc1ccc(NC(=O)Cn2cccc2C=O)cc1. The number of amides is 2. The number of hydrogen-bond acceptors (Lipinski definition) is 3. The minimum absolute atomic E-state index is 0.0640. The van der Waals surface area contributed by atoms with E-state index >= 15 is 0 Å². The van der Waals surface area contributed by atoms with Crippen LogP contribution in [0.2, 0.25) is 0 Å². The fraction of sp³-hybridized carbons (Fsp3) is 0.133. The van der Waals surface area contributed by atoms with Crippen molar-refractivity contribution in [3.05, 3.63) is 48.3 Å². The van der Waals surface area contributed by atoms with Crippen LogP contribution >= 0.6 is 0 Å². The summed E-state index contributed by atoms with van der Waals surface area (Å²) in [5, 5.41) is 5.37. The molecule has 2 aromatic rings. The van der Waals surface area contributed by atoms with Crippen LogP contribution in [0.25, 0.3) is 0 Å². The number of benzene rings is 1. The molecule has 0 aliphatic heterocycles. The van der Waals surface area contributed by atoms with Crippen molar-refractivity contribution in [3.63, 3.8) is 0 Å². The van der Waals surface area contributed by atoms with Crippen LogP contribution in [0.3, 0.4) is 0 Å². The molecule has 0 saturated heterocycles. The largest absolute Gasteiger partial charge is 0.336 e. The van der Waals surface area contributed by atoms with Gasteiger partial charge < -0.3 is 15.2 Å². The fourth-order valence-electron chi connectivity index (χ4n) is 1.87. The normalized spacial score (nSPS) is 9.95. The first kappa shape index (κ1) is 14.5. The first-order valence-electron chi connectivity index (χ1n) is 6.36. The van der Waals surface area contributed by atoms with Crippen molar-refractivity contribution in [1.82, 2.24) is 4.57 Å². The van der Waals surface area contributed by atoms with Crippen molar-refractivity contribution in [3.8, 4) is 0 Å². The predicted octanol–water partition coefficient (Wildman–Crippen LogP) is 1.90. The Bertz CT molecular complexity index is 659. The highest BCUT2D eigenvalue weighted by Gasteiger charge is 2.06. The molecule has 0 bridgehead atoms. The molecule has 1 aromatic heterocycles. The maximum atomic E-state index is 11.9. The molecule has 108 valence electrons. The van der Waals surface area contributed by atoms with Crippen LogP contribution in [0, 0.1) is 0 Å². The zero-order valence-corrected chi connectivity index (χ0v) is 11.5. The van der Waals surface area contributed by atoms with E-state index in [0.29, 0.717) is 23.4 Å². The molecular formula is C15H15N3O3. The lowest BCUT2D eigenvalue weighted by atomic mass is 10.2. The van der Waals surface area contributed by atoms with Crippen molar-refractivity contribution < 1.29 is 14.4 Å². The van der Waals surface area contributed by atoms with Gasteiger partial charge in [0.05, 0.1) is 5.69 Å². The molecule has 0 fully saturated rings. The van der Waals surface area contributed by atoms with E-state index in [2.05, 4.69) is 10.6 Å². The molecule has 0 spiro atoms. The third kappa shape index (κ3) is 4.04. The highest BCUT2D eigenvalue weighted by Crippen LogP contribution is 2.13. The topological polar surface area (TPSA) is 80.2 Å². The molecule has 0 unspecified atom stereocenters. The average Bonchev–Trinajstić information content (AvgIpc) is 2.87. The summed E-state index contributed by atoms with van der Waals surface area (Å²) in [6.45, 7) is 1.49. The monoisotopic (exact) mass is 285 g/mol. The molecule has 2 amide bonds. The molecule has 0 atom stereocenters. The van der Waals surface area contributed by atoms with Gasteiger partial charge in [-0.05, 0) is 36.4 Å². The molecule has 21 heavy (non-hydrogen) atoms. The van der Waals surface area contributed by atoms with Crippen molar-refractivity contribution in [2.75, 3.05) is 10.6 Å². The first-order valence-corrected chi connectivity index (χ1v) is 6.36. The number of aromatic nitrogens is 1. The van der Waals surface area contributed by atoms with Crippen LogP contribution in [0.4, 0.5) is 11.4 Å². The molecule has 2 rings (SSSR count). The zero-order chi connectivity index (χ0) is 15.2. The smallest absolute Gasteiger partial charge is 0.244 e. The van der Waals surface area contributed by atoms with E-state index in [1.54, 1.807) is 47.2 Å². The molecule has 6 heteroatoms. The summed E-state index contributed by atoms with van der Waals surface area (Å²) >= 11 is 0. The van der Waals surface area contributed by atoms with Gasteiger partial charge in [-0.3, -0.25) is 14.4 Å². The standard InChI is InChI=1S/C15H15N3O3/c1-11(20)16-12-4-6-13(7-5-12)17-15(21)9-18-8-2-3-14(18)10-19/h2-8,10H,9H2,1H3,(H,16,20)(H,17,21). The number of hydrogen-bond donors (Lipinski definition) is 2. The van der Waals surface area contributed by atoms with Gasteiger partial charge in [-0.2, -0.15) is 0 Å². The molecule has 2 N–H and O–H groups in total. The number of aldehydes is 1. The van der Waals surface area contributed by atoms with Crippen LogP contribution in [0.15, 0.2) is 42.6 Å². The molecule has 1 heterocycles. The summed E-state index contributed by atoms with van der Waals surface area (Å²) in [4.78, 5) is 33.6. The summed E-state index contributed by atoms with van der Waals surface area (Å²) in [7, 11) is 0. The van der Waals surface area contributed by atoms with Crippen molar-refractivity contribution in [2.45, 2.75) is 13.5 Å². The average molecular weight is 285 g/mol. The Morgan fingerprint density at radius 2 is 1.71 bits per heavy atom. The Hall–Kier alpha value is -2.89. The highest BCUT2D eigenvalue weighted by atomic mass is 16.2. The minimum Gasteiger partial charge on any atom is -0.336 e. The molecule has 0 aliphatic carbocycles. The van der Waals surface area contributed by atoms with Crippen molar-refractivity contribution >= 4 is 29.5 Å². The second-order valence-electron chi connectivity index (χ2n) is 4.49. The van der Waals surface area contributed by atoms with Gasteiger partial charge in [0.2, 0.25) is 11.8 Å². The summed E-state index contributed by atoms with van der Waals surface area (Å²) in [5.41, 5.74) is 1.73. The van der Waals surface area contributed by atoms with E-state index in [1.165, 1.54) is 6.92 Å². The third-order valence-electron chi connectivity index (χ3n) is 2.79. The number of nitrogens with zero attached hydrogens (tertiary/aromatic N) is 1. The second-order valence-corrected chi connectivity index (χ2v) is 4.49. The minimum atomic E-state index is -0.235. The first-order chi connectivity index (χ1) is 10.1. The third-order valence-corrected chi connectivity index (χ3v) is 2.79. The van der Waals surface area contributed by atoms with Crippen LogP contribution in [0.1, 0.15) is 17.4 Å². The van der Waals surface area contributed by atoms with Gasteiger partial charge in [0.15, 0.2) is 6.29 Å². The molecule has 1 aromatic carbocycles. The van der Waals surface area contributed by atoms with E-state index in [-0.39, 0.29) is 18.4 Å². The van der Waals surface area contributed by atoms with Gasteiger partial charge in [-0.25, -0.2) is 0 Å². The molecule has 0 aliphatic rings. The van der Waals surface area contributed by atoms with E-state index in [4.69, 9.17) is 0 Å². The van der Waals surface area contributed by atoms with Gasteiger partial charge >= 0.3 is 0 Å². The Morgan fingerprint density at radius 1 is 1.10 bits per heavy atom. The van der Waals surface area contributed by atoms with Crippen molar-refractivity contribution in [1.29, 1.82) is 0 Å². The van der Waals surface area contributed by atoms with E-state index < -0.39 is 0 Å². The Labute approximate surface area is 121 Å². The Kier molecular flexibility index (Phi) is 4.50. The molecule has 0 saturated carbocycles. The van der Waals surface area contributed by atoms with Gasteiger partial charge in [0, 0.05) is 24.5 Å². The van der Waals surface area contributed by atoms with E-state index in [1.807, 2.05) is 0 Å². The highest BCUT2D eigenvalue weighted by molar-refractivity contribution is 5.92. The summed E-state index contributed by atoms with van der Waals surface area (Å²) in [6, 6.07) is 10.1. The molecule has 0 radical (unpaired) electrons. The molecule has 6 nitrogen and oxygen atoms in total. The molecular weight excluding hydrogens is 270 g/mol. The second kappa shape index (κ2) is 6.51. The van der Waals surface area contributed by atoms with Crippen LogP contribution in [-0.4, -0.2) is 22.7 Å². The maximum absolute atomic E-state index is 11.9. The lowest BCUT2D eigenvalue weighted by molar-refractivity contribution is -0.117. The van der Waals surface area contributed by atoms with Gasteiger partial charge in [0.1, 0.15) is 6.54 Å². The van der Waals surface area contributed by atoms with Crippen molar-refractivity contribution in [2.24, 2.45) is 0 Å². The van der Waals surface area contributed by atoms with Crippen LogP contribution < -0.4 is 10.6 Å².